The standard InChI is InChI=1S/C18H17N3O3/c1-12-9-13(11-19-10-12)20-16(22)7-4-8-21-17(23)14-5-2-3-6-15(14)18(21)24/h2-3,5-6,9-11H,4,7-8H2,1H3,(H,20,22). The number of hydrogen-bond donors (Lipinski definition) is 1. The molecule has 0 atom stereocenters. The van der Waals surface area contributed by atoms with Gasteiger partial charge in [0.2, 0.25) is 5.91 Å². The normalized spacial score (nSPS) is 13.1. The van der Waals surface area contributed by atoms with Crippen LogP contribution in [0.1, 0.15) is 39.1 Å². The molecule has 0 radical (unpaired) electrons. The zero-order valence-electron chi connectivity index (χ0n) is 13.3. The predicted octanol–water partition coefficient (Wildman–Crippen LogP) is 2.40. The SMILES string of the molecule is Cc1cncc(NC(=O)CCCN2C(=O)c3ccccc3C2=O)c1. The molecule has 0 saturated carbocycles. The van der Waals surface area contributed by atoms with Gasteiger partial charge in [-0.1, -0.05) is 12.1 Å². The van der Waals surface area contributed by atoms with Crippen molar-refractivity contribution < 1.29 is 14.4 Å². The van der Waals surface area contributed by atoms with Crippen LogP contribution in [0, 0.1) is 6.92 Å². The minimum Gasteiger partial charge on any atom is -0.325 e. The van der Waals surface area contributed by atoms with Gasteiger partial charge in [0.05, 0.1) is 23.0 Å². The summed E-state index contributed by atoms with van der Waals surface area (Å²) in [5, 5.41) is 2.76. The van der Waals surface area contributed by atoms with Crippen LogP contribution < -0.4 is 5.32 Å². The van der Waals surface area contributed by atoms with Crippen molar-refractivity contribution in [2.75, 3.05) is 11.9 Å². The number of amides is 3. The highest BCUT2D eigenvalue weighted by molar-refractivity contribution is 6.21. The van der Waals surface area contributed by atoms with Crippen molar-refractivity contribution >= 4 is 23.4 Å². The Morgan fingerprint density at radius 3 is 2.42 bits per heavy atom. The lowest BCUT2D eigenvalue weighted by Gasteiger charge is -2.13. The highest BCUT2D eigenvalue weighted by atomic mass is 16.2. The van der Waals surface area contributed by atoms with Crippen LogP contribution >= 0.6 is 0 Å². The van der Waals surface area contributed by atoms with Crippen molar-refractivity contribution in [1.29, 1.82) is 0 Å². The molecule has 3 amide bonds. The average molecular weight is 323 g/mol. The number of anilines is 1. The molecule has 0 spiro atoms. The van der Waals surface area contributed by atoms with Gasteiger partial charge in [-0.15, -0.1) is 0 Å². The van der Waals surface area contributed by atoms with Gasteiger partial charge in [0.1, 0.15) is 0 Å². The first kappa shape index (κ1) is 15.9. The zero-order valence-corrected chi connectivity index (χ0v) is 13.3. The number of carbonyl (C=O) groups is 3. The van der Waals surface area contributed by atoms with Crippen LogP contribution in [-0.2, 0) is 4.79 Å². The lowest BCUT2D eigenvalue weighted by atomic mass is 10.1. The van der Waals surface area contributed by atoms with Gasteiger partial charge < -0.3 is 5.32 Å². The van der Waals surface area contributed by atoms with Gasteiger partial charge in [0.15, 0.2) is 0 Å². The molecule has 0 fully saturated rings. The molecule has 122 valence electrons. The molecule has 1 aromatic heterocycles. The number of aromatic nitrogens is 1. The van der Waals surface area contributed by atoms with Crippen molar-refractivity contribution in [3.8, 4) is 0 Å². The fraction of sp³-hybridized carbons (Fsp3) is 0.222. The second kappa shape index (κ2) is 6.62. The molecule has 0 aliphatic carbocycles. The quantitative estimate of drug-likeness (QED) is 0.857. The smallest absolute Gasteiger partial charge is 0.261 e. The van der Waals surface area contributed by atoms with E-state index < -0.39 is 0 Å². The van der Waals surface area contributed by atoms with E-state index in [4.69, 9.17) is 0 Å². The van der Waals surface area contributed by atoms with Gasteiger partial charge in [-0.3, -0.25) is 24.3 Å². The molecule has 2 heterocycles. The molecule has 1 aliphatic heterocycles. The largest absolute Gasteiger partial charge is 0.325 e. The van der Waals surface area contributed by atoms with E-state index >= 15 is 0 Å². The molecule has 6 heteroatoms. The molecule has 24 heavy (non-hydrogen) atoms. The predicted molar refractivity (Wildman–Crippen MR) is 88.6 cm³/mol. The number of carbonyl (C=O) groups excluding carboxylic acids is 3. The molecule has 6 nitrogen and oxygen atoms in total. The number of fused-ring (bicyclic) bond motifs is 1. The zero-order chi connectivity index (χ0) is 17.1. The van der Waals surface area contributed by atoms with E-state index in [2.05, 4.69) is 10.3 Å². The van der Waals surface area contributed by atoms with Crippen LogP contribution in [0.2, 0.25) is 0 Å². The number of benzene rings is 1. The molecule has 0 bridgehead atoms. The van der Waals surface area contributed by atoms with Gasteiger partial charge in [-0.05, 0) is 37.1 Å². The first-order valence-electron chi connectivity index (χ1n) is 7.73. The first-order chi connectivity index (χ1) is 11.6. The van der Waals surface area contributed by atoms with Crippen LogP contribution in [0.15, 0.2) is 42.7 Å². The molecule has 1 aromatic carbocycles. The number of nitrogens with zero attached hydrogens (tertiary/aromatic N) is 2. The summed E-state index contributed by atoms with van der Waals surface area (Å²) in [5.74, 6) is -0.753. The Balaban J connectivity index is 1.53. The number of hydrogen-bond acceptors (Lipinski definition) is 4. The Morgan fingerprint density at radius 2 is 1.79 bits per heavy atom. The highest BCUT2D eigenvalue weighted by Gasteiger charge is 2.34. The van der Waals surface area contributed by atoms with Crippen molar-refractivity contribution in [1.82, 2.24) is 9.88 Å². The van der Waals surface area contributed by atoms with Crippen LogP contribution in [-0.4, -0.2) is 34.2 Å². The Hall–Kier alpha value is -3.02. The van der Waals surface area contributed by atoms with Crippen LogP contribution in [0.25, 0.3) is 0 Å². The highest BCUT2D eigenvalue weighted by Crippen LogP contribution is 2.22. The van der Waals surface area contributed by atoms with E-state index in [1.165, 1.54) is 4.90 Å². The molecule has 1 aliphatic rings. The van der Waals surface area contributed by atoms with Crippen molar-refractivity contribution in [2.45, 2.75) is 19.8 Å². The Labute approximate surface area is 139 Å². The van der Waals surface area contributed by atoms with E-state index in [0.717, 1.165) is 5.56 Å². The van der Waals surface area contributed by atoms with Crippen molar-refractivity contribution in [3.05, 3.63) is 59.4 Å². The summed E-state index contributed by atoms with van der Waals surface area (Å²) in [7, 11) is 0. The average Bonchev–Trinajstić information content (AvgIpc) is 2.80. The molecular formula is C18H17N3O3. The molecule has 3 rings (SSSR count). The summed E-state index contributed by atoms with van der Waals surface area (Å²) in [4.78, 5) is 41.6. The minimum atomic E-state index is -0.293. The number of imide groups is 1. The van der Waals surface area contributed by atoms with Crippen molar-refractivity contribution in [2.24, 2.45) is 0 Å². The summed E-state index contributed by atoms with van der Waals surface area (Å²) in [6, 6.07) is 8.59. The van der Waals surface area contributed by atoms with Gasteiger partial charge in [0.25, 0.3) is 11.8 Å². The molecule has 0 unspecified atom stereocenters. The lowest BCUT2D eigenvalue weighted by molar-refractivity contribution is -0.116. The van der Waals surface area contributed by atoms with E-state index in [-0.39, 0.29) is 30.7 Å². The third-order valence-corrected chi connectivity index (χ3v) is 3.82. The first-order valence-corrected chi connectivity index (χ1v) is 7.73. The second-order valence-corrected chi connectivity index (χ2v) is 5.71. The fourth-order valence-electron chi connectivity index (χ4n) is 2.69. The molecular weight excluding hydrogens is 306 g/mol. The van der Waals surface area contributed by atoms with E-state index in [1.54, 1.807) is 36.7 Å². The van der Waals surface area contributed by atoms with Crippen molar-refractivity contribution in [3.63, 3.8) is 0 Å². The fourth-order valence-corrected chi connectivity index (χ4v) is 2.69. The van der Waals surface area contributed by atoms with E-state index in [9.17, 15) is 14.4 Å². The van der Waals surface area contributed by atoms with Gasteiger partial charge >= 0.3 is 0 Å². The second-order valence-electron chi connectivity index (χ2n) is 5.71. The van der Waals surface area contributed by atoms with Gasteiger partial charge in [0, 0.05) is 19.2 Å². The topological polar surface area (TPSA) is 79.4 Å². The number of nitrogens with one attached hydrogen (secondary N) is 1. The number of pyridine rings is 1. The van der Waals surface area contributed by atoms with Crippen LogP contribution in [0.4, 0.5) is 5.69 Å². The van der Waals surface area contributed by atoms with Gasteiger partial charge in [-0.25, -0.2) is 0 Å². The summed E-state index contributed by atoms with van der Waals surface area (Å²) >= 11 is 0. The minimum absolute atomic E-state index is 0.168. The monoisotopic (exact) mass is 323 g/mol. The third-order valence-electron chi connectivity index (χ3n) is 3.82. The third kappa shape index (κ3) is 3.17. The molecule has 1 N–H and O–H groups in total. The summed E-state index contributed by atoms with van der Waals surface area (Å²) in [6.07, 6.45) is 3.92. The summed E-state index contributed by atoms with van der Waals surface area (Å²) in [6.45, 7) is 2.12. The maximum absolute atomic E-state index is 12.2. The summed E-state index contributed by atoms with van der Waals surface area (Å²) in [5.41, 5.74) is 2.45. The van der Waals surface area contributed by atoms with Crippen LogP contribution in [0.3, 0.4) is 0 Å². The Bertz CT molecular complexity index is 782. The maximum Gasteiger partial charge on any atom is 0.261 e. The molecule has 0 saturated heterocycles. The lowest BCUT2D eigenvalue weighted by Crippen LogP contribution is -2.31. The van der Waals surface area contributed by atoms with Crippen LogP contribution in [0.5, 0.6) is 0 Å². The maximum atomic E-state index is 12.2. The van der Waals surface area contributed by atoms with Gasteiger partial charge in [-0.2, -0.15) is 0 Å². The van der Waals surface area contributed by atoms with E-state index in [0.29, 0.717) is 23.2 Å². The Kier molecular flexibility index (Phi) is 4.37. The number of rotatable bonds is 5. The molecule has 2 aromatic rings. The number of aryl methyl sites for hydroxylation is 1. The Morgan fingerprint density at radius 1 is 1.12 bits per heavy atom. The summed E-state index contributed by atoms with van der Waals surface area (Å²) < 4.78 is 0. The van der Waals surface area contributed by atoms with E-state index in [1.807, 2.05) is 13.0 Å².